The van der Waals surface area contributed by atoms with Gasteiger partial charge in [0.25, 0.3) is 5.91 Å². The molecule has 0 aliphatic heterocycles. The maximum absolute atomic E-state index is 12.2. The van der Waals surface area contributed by atoms with Crippen LogP contribution in [0.5, 0.6) is 5.75 Å². The van der Waals surface area contributed by atoms with Gasteiger partial charge in [-0.1, -0.05) is 28.1 Å². The minimum Gasteiger partial charge on any atom is -0.480 e. The molecule has 23 heavy (non-hydrogen) atoms. The third kappa shape index (κ3) is 4.91. The third-order valence-electron chi connectivity index (χ3n) is 3.10. The lowest BCUT2D eigenvalue weighted by atomic mass is 10.1. The summed E-state index contributed by atoms with van der Waals surface area (Å²) in [6.07, 6.45) is -0.687. The zero-order valence-corrected chi connectivity index (χ0v) is 15.8. The van der Waals surface area contributed by atoms with E-state index in [-0.39, 0.29) is 11.7 Å². The molecule has 0 saturated carbocycles. The number of hydrogen-bond donors (Lipinski definition) is 1. The fraction of sp³-hybridized carbons (Fsp3) is 0.176. The number of rotatable bonds is 5. The first-order valence-corrected chi connectivity index (χ1v) is 8.49. The van der Waals surface area contributed by atoms with Crippen LogP contribution in [0.15, 0.2) is 51.4 Å². The SMILES string of the molecule is CC(=O)c1cccc(NC(=O)[C@H](C)Oc2ccc(Br)cc2Br)c1. The van der Waals surface area contributed by atoms with Crippen LogP contribution in [0.3, 0.4) is 0 Å². The summed E-state index contributed by atoms with van der Waals surface area (Å²) in [5.74, 6) is 0.234. The van der Waals surface area contributed by atoms with Crippen LogP contribution >= 0.6 is 31.9 Å². The van der Waals surface area contributed by atoms with Gasteiger partial charge in [0.1, 0.15) is 5.75 Å². The van der Waals surface area contributed by atoms with Gasteiger partial charge in [0, 0.05) is 15.7 Å². The van der Waals surface area contributed by atoms with Crippen molar-refractivity contribution in [3.63, 3.8) is 0 Å². The first-order valence-electron chi connectivity index (χ1n) is 6.90. The van der Waals surface area contributed by atoms with Crippen molar-refractivity contribution in [2.24, 2.45) is 0 Å². The Balaban J connectivity index is 2.05. The van der Waals surface area contributed by atoms with E-state index in [0.29, 0.717) is 17.0 Å². The normalized spacial score (nSPS) is 11.7. The molecule has 0 radical (unpaired) electrons. The summed E-state index contributed by atoms with van der Waals surface area (Å²) in [5.41, 5.74) is 1.11. The summed E-state index contributed by atoms with van der Waals surface area (Å²) in [6.45, 7) is 3.15. The number of halogens is 2. The smallest absolute Gasteiger partial charge is 0.265 e. The Hall–Kier alpha value is -1.66. The first-order chi connectivity index (χ1) is 10.9. The van der Waals surface area contributed by atoms with Crippen molar-refractivity contribution in [3.05, 3.63) is 57.0 Å². The first kappa shape index (κ1) is 17.7. The van der Waals surface area contributed by atoms with E-state index < -0.39 is 6.10 Å². The molecule has 6 heteroatoms. The highest BCUT2D eigenvalue weighted by Crippen LogP contribution is 2.29. The number of amides is 1. The zero-order chi connectivity index (χ0) is 17.0. The topological polar surface area (TPSA) is 55.4 Å². The molecule has 0 fully saturated rings. The predicted molar refractivity (Wildman–Crippen MR) is 97.0 cm³/mol. The summed E-state index contributed by atoms with van der Waals surface area (Å²) in [4.78, 5) is 23.6. The van der Waals surface area contributed by atoms with Crippen molar-refractivity contribution in [1.82, 2.24) is 0 Å². The van der Waals surface area contributed by atoms with Crippen molar-refractivity contribution < 1.29 is 14.3 Å². The summed E-state index contributed by atoms with van der Waals surface area (Å²) in [6, 6.07) is 12.3. The summed E-state index contributed by atoms with van der Waals surface area (Å²) >= 11 is 6.75. The maximum Gasteiger partial charge on any atom is 0.265 e. The van der Waals surface area contributed by atoms with Crippen LogP contribution in [-0.2, 0) is 4.79 Å². The van der Waals surface area contributed by atoms with Crippen LogP contribution in [0.1, 0.15) is 24.2 Å². The fourth-order valence-electron chi connectivity index (χ4n) is 1.87. The van der Waals surface area contributed by atoms with Gasteiger partial charge in [0.15, 0.2) is 11.9 Å². The van der Waals surface area contributed by atoms with Crippen LogP contribution in [-0.4, -0.2) is 17.8 Å². The Kier molecular flexibility index (Phi) is 5.96. The lowest BCUT2D eigenvalue weighted by Gasteiger charge is -2.16. The fourth-order valence-corrected chi connectivity index (χ4v) is 3.02. The van der Waals surface area contributed by atoms with E-state index >= 15 is 0 Å². The van der Waals surface area contributed by atoms with Crippen LogP contribution < -0.4 is 10.1 Å². The van der Waals surface area contributed by atoms with Crippen LogP contribution in [0.25, 0.3) is 0 Å². The van der Waals surface area contributed by atoms with Gasteiger partial charge in [-0.05, 0) is 60.1 Å². The average molecular weight is 441 g/mol. The second-order valence-electron chi connectivity index (χ2n) is 4.96. The van der Waals surface area contributed by atoms with E-state index in [9.17, 15) is 9.59 Å². The third-order valence-corrected chi connectivity index (χ3v) is 4.22. The van der Waals surface area contributed by atoms with Crippen LogP contribution in [0.2, 0.25) is 0 Å². The Morgan fingerprint density at radius 3 is 2.52 bits per heavy atom. The van der Waals surface area contributed by atoms with Gasteiger partial charge >= 0.3 is 0 Å². The predicted octanol–water partition coefficient (Wildman–Crippen LogP) is 4.82. The van der Waals surface area contributed by atoms with Crippen molar-refractivity contribution >= 4 is 49.2 Å². The molecule has 2 rings (SSSR count). The van der Waals surface area contributed by atoms with Gasteiger partial charge in [-0.3, -0.25) is 9.59 Å². The van der Waals surface area contributed by atoms with Crippen molar-refractivity contribution in [2.75, 3.05) is 5.32 Å². The molecular weight excluding hydrogens is 426 g/mol. The maximum atomic E-state index is 12.2. The van der Waals surface area contributed by atoms with Gasteiger partial charge in [-0.15, -0.1) is 0 Å². The second-order valence-corrected chi connectivity index (χ2v) is 6.73. The summed E-state index contributed by atoms with van der Waals surface area (Å²) in [7, 11) is 0. The molecule has 2 aromatic rings. The van der Waals surface area contributed by atoms with Crippen molar-refractivity contribution in [3.8, 4) is 5.75 Å². The monoisotopic (exact) mass is 439 g/mol. The molecule has 1 N–H and O–H groups in total. The molecule has 0 aromatic heterocycles. The molecule has 0 saturated heterocycles. The second kappa shape index (κ2) is 7.75. The highest BCUT2D eigenvalue weighted by Gasteiger charge is 2.16. The number of benzene rings is 2. The minimum atomic E-state index is -0.687. The quantitative estimate of drug-likeness (QED) is 0.678. The standard InChI is InChI=1S/C17H15Br2NO3/c1-10(21)12-4-3-5-14(8-12)20-17(22)11(2)23-16-7-6-13(18)9-15(16)19/h3-9,11H,1-2H3,(H,20,22)/t11-/m0/s1. The molecule has 0 unspecified atom stereocenters. The van der Waals surface area contributed by atoms with Crippen LogP contribution in [0.4, 0.5) is 5.69 Å². The number of hydrogen-bond acceptors (Lipinski definition) is 3. The average Bonchev–Trinajstić information content (AvgIpc) is 2.50. The van der Waals surface area contributed by atoms with E-state index in [4.69, 9.17) is 4.74 Å². The zero-order valence-electron chi connectivity index (χ0n) is 12.6. The molecule has 1 amide bonds. The molecule has 1 atom stereocenters. The Morgan fingerprint density at radius 1 is 1.13 bits per heavy atom. The Labute approximate surface area is 151 Å². The lowest BCUT2D eigenvalue weighted by molar-refractivity contribution is -0.122. The number of anilines is 1. The van der Waals surface area contributed by atoms with Crippen molar-refractivity contribution in [2.45, 2.75) is 20.0 Å². The van der Waals surface area contributed by atoms with E-state index in [1.54, 1.807) is 37.3 Å². The van der Waals surface area contributed by atoms with Gasteiger partial charge in [-0.2, -0.15) is 0 Å². The van der Waals surface area contributed by atoms with E-state index in [2.05, 4.69) is 37.2 Å². The Bertz CT molecular complexity index is 746. The highest BCUT2D eigenvalue weighted by atomic mass is 79.9. The van der Waals surface area contributed by atoms with E-state index in [0.717, 1.165) is 8.95 Å². The molecule has 2 aromatic carbocycles. The van der Waals surface area contributed by atoms with E-state index in [1.165, 1.54) is 6.92 Å². The molecule has 0 heterocycles. The lowest BCUT2D eigenvalue weighted by Crippen LogP contribution is -2.30. The highest BCUT2D eigenvalue weighted by molar-refractivity contribution is 9.11. The molecule has 4 nitrogen and oxygen atoms in total. The van der Waals surface area contributed by atoms with E-state index in [1.807, 2.05) is 12.1 Å². The van der Waals surface area contributed by atoms with Gasteiger partial charge in [0.05, 0.1) is 4.47 Å². The molecule has 0 aliphatic carbocycles. The van der Waals surface area contributed by atoms with Gasteiger partial charge < -0.3 is 10.1 Å². The molecular formula is C17H15Br2NO3. The summed E-state index contributed by atoms with van der Waals surface area (Å²) in [5, 5.41) is 2.75. The summed E-state index contributed by atoms with van der Waals surface area (Å²) < 4.78 is 7.33. The number of ether oxygens (including phenoxy) is 1. The molecule has 0 bridgehead atoms. The molecule has 0 aliphatic rings. The number of carbonyl (C=O) groups excluding carboxylic acids is 2. The minimum absolute atomic E-state index is 0.0517. The number of nitrogens with one attached hydrogen (secondary N) is 1. The van der Waals surface area contributed by atoms with Crippen LogP contribution in [0, 0.1) is 0 Å². The number of carbonyl (C=O) groups is 2. The molecule has 0 spiro atoms. The van der Waals surface area contributed by atoms with Crippen molar-refractivity contribution in [1.29, 1.82) is 0 Å². The largest absolute Gasteiger partial charge is 0.480 e. The van der Waals surface area contributed by atoms with Gasteiger partial charge in [-0.25, -0.2) is 0 Å². The Morgan fingerprint density at radius 2 is 1.87 bits per heavy atom. The number of ketones is 1. The van der Waals surface area contributed by atoms with Gasteiger partial charge in [0.2, 0.25) is 0 Å². The molecule has 120 valence electrons. The number of Topliss-reactive ketones (excluding diaryl/α,β-unsaturated/α-hetero) is 1.